The van der Waals surface area contributed by atoms with Crippen molar-refractivity contribution in [2.24, 2.45) is 0 Å². The molecule has 0 saturated heterocycles. The van der Waals surface area contributed by atoms with Gasteiger partial charge in [0.05, 0.1) is 8.41 Å². The first-order valence-electron chi connectivity index (χ1n) is 0. The van der Waals surface area contributed by atoms with E-state index in [1.54, 1.807) is 0 Å². The summed E-state index contributed by atoms with van der Waals surface area (Å²) in [5.41, 5.74) is 0. The maximum atomic E-state index is 0. The minimum absolute atomic E-state index is 0. The van der Waals surface area contributed by atoms with Crippen LogP contribution in [0.2, 0.25) is 0 Å². The summed E-state index contributed by atoms with van der Waals surface area (Å²) >= 11 is 0. The molecule has 0 aromatic rings. The standard InChI is InChI=1S/Al.BH3.Ca.ClH.5H/h;1H3;;1H;;;;;. The van der Waals surface area contributed by atoms with E-state index in [1.807, 2.05) is 0 Å². The summed E-state index contributed by atoms with van der Waals surface area (Å²) in [7, 11) is 0. The third-order valence-electron chi connectivity index (χ3n) is 0. The molecule has 0 heterocycles. The van der Waals surface area contributed by atoms with Crippen LogP contribution in [0.25, 0.3) is 0 Å². The van der Waals surface area contributed by atoms with E-state index in [9.17, 15) is 0 Å². The SMILES string of the molecule is B.Cl.[AlH3].[CaH2]. The zero-order valence-corrected chi connectivity index (χ0v) is 1.22. The monoisotopic (exact) mass is 122 g/mol. The van der Waals surface area contributed by atoms with Crippen molar-refractivity contribution in [3.8, 4) is 0 Å². The summed E-state index contributed by atoms with van der Waals surface area (Å²) in [6, 6.07) is 0. The van der Waals surface area contributed by atoms with Gasteiger partial charge in [-0.3, -0.25) is 0 Å². The van der Waals surface area contributed by atoms with Crippen molar-refractivity contribution < 1.29 is 0 Å². The molecule has 4 heteroatoms. The van der Waals surface area contributed by atoms with Crippen molar-refractivity contribution in [2.75, 3.05) is 0 Å². The second kappa shape index (κ2) is 19.2. The van der Waals surface area contributed by atoms with Crippen molar-refractivity contribution in [2.45, 2.75) is 0 Å². The molecule has 0 saturated carbocycles. The van der Waals surface area contributed by atoms with Gasteiger partial charge in [-0.25, -0.2) is 0 Å². The van der Waals surface area contributed by atoms with E-state index < -0.39 is 0 Å². The molecule has 0 aliphatic heterocycles. The Labute approximate surface area is 74.8 Å². The molecule has 0 amide bonds. The molecular weight excluding hydrogens is 113 g/mol. The first-order chi connectivity index (χ1) is 0. The van der Waals surface area contributed by atoms with Crippen LogP contribution in [-0.4, -0.2) is 63.5 Å². The maximum absolute atomic E-state index is 0. The first kappa shape index (κ1) is 35.3. The Bertz CT molecular complexity index is 8.00. The van der Waals surface area contributed by atoms with Crippen LogP contribution in [0.3, 0.4) is 0 Å². The average Bonchev–Trinajstić information content (AvgIpc) is 0. The van der Waals surface area contributed by atoms with Crippen molar-refractivity contribution in [1.29, 1.82) is 0 Å². The molecule has 0 unspecified atom stereocenters. The Morgan fingerprint density at radius 3 is 1.00 bits per heavy atom. The molecule has 24 valence electrons. The van der Waals surface area contributed by atoms with Crippen LogP contribution >= 0.6 is 12.4 Å². The van der Waals surface area contributed by atoms with Gasteiger partial charge in [-0.2, -0.15) is 0 Å². The van der Waals surface area contributed by atoms with Crippen LogP contribution in [0.1, 0.15) is 0 Å². The molecule has 0 aromatic heterocycles. The molecule has 0 aliphatic carbocycles. The molecule has 4 heavy (non-hydrogen) atoms. The number of halogens is 1. The first-order valence-corrected chi connectivity index (χ1v) is 0. The van der Waals surface area contributed by atoms with Gasteiger partial charge in [0.25, 0.3) is 0 Å². The Hall–Kier alpha value is 2.15. The van der Waals surface area contributed by atoms with E-state index in [-0.39, 0.29) is 75.9 Å². The molecule has 0 bridgehead atoms. The molecular formula is H9AlBCaCl. The Balaban J connectivity index is 0. The van der Waals surface area contributed by atoms with E-state index >= 15 is 0 Å². The van der Waals surface area contributed by atoms with Gasteiger partial charge < -0.3 is 0 Å². The van der Waals surface area contributed by atoms with Gasteiger partial charge in [0.1, 0.15) is 0 Å². The molecule has 0 radical (unpaired) electrons. The normalized spacial score (nSPS) is 0. The van der Waals surface area contributed by atoms with Gasteiger partial charge in [-0.05, 0) is 0 Å². The Kier molecular flexibility index (Phi) is 170. The van der Waals surface area contributed by atoms with Crippen molar-refractivity contribution in [3.05, 3.63) is 0 Å². The molecule has 0 aliphatic rings. The second-order valence-electron chi connectivity index (χ2n) is 0. The molecule has 0 aromatic carbocycles. The predicted molar refractivity (Wildman–Crippen MR) is 35.7 cm³/mol. The zero-order valence-electron chi connectivity index (χ0n) is 0.408. The Morgan fingerprint density at radius 1 is 1.00 bits per heavy atom. The summed E-state index contributed by atoms with van der Waals surface area (Å²) in [5, 5.41) is 0. The molecule has 0 atom stereocenters. The third-order valence-corrected chi connectivity index (χ3v) is 0. The number of rotatable bonds is 0. The van der Waals surface area contributed by atoms with Gasteiger partial charge in [-0.1, -0.05) is 0 Å². The second-order valence-corrected chi connectivity index (χ2v) is 0. The third kappa shape index (κ3) is 8.91. The van der Waals surface area contributed by atoms with Gasteiger partial charge in [0.15, 0.2) is 17.4 Å². The predicted octanol–water partition coefficient (Wildman–Crippen LogP) is -2.86. The van der Waals surface area contributed by atoms with Gasteiger partial charge in [-0.15, -0.1) is 12.4 Å². The zero-order chi connectivity index (χ0) is 0. The van der Waals surface area contributed by atoms with Crippen LogP contribution in [0, 0.1) is 0 Å². The van der Waals surface area contributed by atoms with Crippen molar-refractivity contribution in [1.82, 2.24) is 0 Å². The van der Waals surface area contributed by atoms with Crippen molar-refractivity contribution >= 4 is 75.9 Å². The van der Waals surface area contributed by atoms with Crippen LogP contribution in [0.15, 0.2) is 0 Å². The summed E-state index contributed by atoms with van der Waals surface area (Å²) in [6.07, 6.45) is 0. The number of hydrogen-bond acceptors (Lipinski definition) is 0. The van der Waals surface area contributed by atoms with Crippen LogP contribution < -0.4 is 0 Å². The summed E-state index contributed by atoms with van der Waals surface area (Å²) in [6.45, 7) is 0. The van der Waals surface area contributed by atoms with E-state index in [2.05, 4.69) is 0 Å². The van der Waals surface area contributed by atoms with E-state index in [0.29, 0.717) is 0 Å². The summed E-state index contributed by atoms with van der Waals surface area (Å²) in [4.78, 5) is 0. The molecule has 0 fully saturated rings. The fraction of sp³-hybridized carbons (Fsp3) is 0. The van der Waals surface area contributed by atoms with E-state index in [0.717, 1.165) is 0 Å². The van der Waals surface area contributed by atoms with Gasteiger partial charge in [0.2, 0.25) is 0 Å². The molecule has 0 N–H and O–H groups in total. The number of hydrogen-bond donors (Lipinski definition) is 0. The van der Waals surface area contributed by atoms with Crippen LogP contribution in [-0.2, 0) is 0 Å². The fourth-order valence-corrected chi connectivity index (χ4v) is 0. The van der Waals surface area contributed by atoms with E-state index in [1.165, 1.54) is 0 Å². The van der Waals surface area contributed by atoms with E-state index in [4.69, 9.17) is 0 Å². The van der Waals surface area contributed by atoms with Crippen LogP contribution in [0.5, 0.6) is 0 Å². The fourth-order valence-electron chi connectivity index (χ4n) is 0. The molecule has 0 rings (SSSR count). The molecule has 0 spiro atoms. The van der Waals surface area contributed by atoms with Crippen molar-refractivity contribution in [3.63, 3.8) is 0 Å². The Morgan fingerprint density at radius 2 is 1.00 bits per heavy atom. The minimum atomic E-state index is 0. The average molecular weight is 122 g/mol. The topological polar surface area (TPSA) is 0 Å². The summed E-state index contributed by atoms with van der Waals surface area (Å²) in [5.74, 6) is 0. The summed E-state index contributed by atoms with van der Waals surface area (Å²) < 4.78 is 0. The van der Waals surface area contributed by atoms with Crippen LogP contribution in [0.4, 0.5) is 0 Å². The molecule has 0 nitrogen and oxygen atoms in total. The van der Waals surface area contributed by atoms with Gasteiger partial charge >= 0.3 is 37.7 Å². The van der Waals surface area contributed by atoms with Gasteiger partial charge in [0, 0.05) is 0 Å². The quantitative estimate of drug-likeness (QED) is 0.303.